The monoisotopic (exact) mass is 352 g/mol. The summed E-state index contributed by atoms with van der Waals surface area (Å²) in [7, 11) is 0. The van der Waals surface area contributed by atoms with Gasteiger partial charge in [-0.2, -0.15) is 5.10 Å². The van der Waals surface area contributed by atoms with Gasteiger partial charge < -0.3 is 5.32 Å². The smallest absolute Gasteiger partial charge is 0.255 e. The van der Waals surface area contributed by atoms with Crippen LogP contribution >= 0.6 is 11.3 Å². The molecule has 128 valence electrons. The van der Waals surface area contributed by atoms with Crippen molar-refractivity contribution < 1.29 is 4.79 Å². The van der Waals surface area contributed by atoms with E-state index in [1.165, 1.54) is 11.3 Å². The van der Waals surface area contributed by atoms with Crippen LogP contribution in [0, 0.1) is 13.8 Å². The molecular formula is C19H20N4OS. The van der Waals surface area contributed by atoms with Gasteiger partial charge in [0.05, 0.1) is 10.2 Å². The molecule has 0 fully saturated rings. The van der Waals surface area contributed by atoms with Gasteiger partial charge in [0.25, 0.3) is 5.91 Å². The van der Waals surface area contributed by atoms with Crippen LogP contribution in [0.1, 0.15) is 35.3 Å². The van der Waals surface area contributed by atoms with Gasteiger partial charge in [-0.1, -0.05) is 29.5 Å². The highest BCUT2D eigenvalue weighted by Crippen LogP contribution is 2.35. The van der Waals surface area contributed by atoms with Crippen LogP contribution in [0.25, 0.3) is 10.2 Å². The number of thiazole rings is 1. The fourth-order valence-electron chi connectivity index (χ4n) is 2.56. The fourth-order valence-corrected chi connectivity index (χ4v) is 3.45. The van der Waals surface area contributed by atoms with Crippen molar-refractivity contribution in [3.63, 3.8) is 0 Å². The summed E-state index contributed by atoms with van der Waals surface area (Å²) in [6, 6.07) is 11.2. The number of carbonyl (C=O) groups excluding carboxylic acids is 1. The molecule has 1 aromatic heterocycles. The van der Waals surface area contributed by atoms with Crippen LogP contribution in [-0.2, 0) is 0 Å². The van der Waals surface area contributed by atoms with Gasteiger partial charge in [0.2, 0.25) is 5.13 Å². The average Bonchev–Trinajstić information content (AvgIpc) is 3.00. The zero-order valence-electron chi connectivity index (χ0n) is 14.7. The normalized spacial score (nSPS) is 10.6. The van der Waals surface area contributed by atoms with Crippen LogP contribution in [-0.4, -0.2) is 16.6 Å². The van der Waals surface area contributed by atoms with Crippen LogP contribution < -0.4 is 10.7 Å². The van der Waals surface area contributed by atoms with E-state index in [1.807, 2.05) is 52.0 Å². The number of benzene rings is 2. The molecule has 0 bridgehead atoms. The Hall–Kier alpha value is -2.73. The lowest BCUT2D eigenvalue weighted by Crippen LogP contribution is -2.13. The first-order chi connectivity index (χ1) is 12.0. The lowest BCUT2D eigenvalue weighted by molar-refractivity contribution is 0.102. The molecule has 3 aromatic rings. The molecule has 0 radical (unpaired) electrons. The van der Waals surface area contributed by atoms with Crippen molar-refractivity contribution in [2.24, 2.45) is 5.10 Å². The molecule has 1 heterocycles. The van der Waals surface area contributed by atoms with Crippen molar-refractivity contribution >= 4 is 44.0 Å². The maximum absolute atomic E-state index is 12.5. The Morgan fingerprint density at radius 2 is 1.88 bits per heavy atom. The van der Waals surface area contributed by atoms with E-state index in [9.17, 15) is 4.79 Å². The summed E-state index contributed by atoms with van der Waals surface area (Å²) in [6.45, 7) is 7.83. The summed E-state index contributed by atoms with van der Waals surface area (Å²) in [4.78, 5) is 17.1. The minimum Gasteiger partial charge on any atom is -0.321 e. The van der Waals surface area contributed by atoms with E-state index in [0.29, 0.717) is 5.56 Å². The van der Waals surface area contributed by atoms with Gasteiger partial charge in [-0.05, 0) is 57.0 Å². The van der Waals surface area contributed by atoms with Crippen molar-refractivity contribution in [1.29, 1.82) is 0 Å². The van der Waals surface area contributed by atoms with Gasteiger partial charge in [0.1, 0.15) is 0 Å². The summed E-state index contributed by atoms with van der Waals surface area (Å²) in [5.41, 5.74) is 8.30. The van der Waals surface area contributed by atoms with Crippen LogP contribution in [0.5, 0.6) is 0 Å². The third-order valence-electron chi connectivity index (χ3n) is 3.77. The number of anilines is 2. The van der Waals surface area contributed by atoms with E-state index in [2.05, 4.69) is 20.8 Å². The number of carbonyl (C=O) groups is 1. The van der Waals surface area contributed by atoms with E-state index < -0.39 is 0 Å². The Balaban J connectivity index is 1.96. The number of fused-ring (bicyclic) bond motifs is 1. The first kappa shape index (κ1) is 17.1. The molecule has 0 aliphatic heterocycles. The summed E-state index contributed by atoms with van der Waals surface area (Å²) < 4.78 is 1.04. The number of amides is 1. The fraction of sp³-hybridized carbons (Fsp3) is 0.211. The van der Waals surface area contributed by atoms with E-state index in [1.54, 1.807) is 12.1 Å². The summed E-state index contributed by atoms with van der Waals surface area (Å²) in [6.07, 6.45) is 0. The van der Waals surface area contributed by atoms with E-state index in [0.717, 1.165) is 37.9 Å². The lowest BCUT2D eigenvalue weighted by atomic mass is 10.1. The highest BCUT2D eigenvalue weighted by molar-refractivity contribution is 7.22. The predicted molar refractivity (Wildman–Crippen MR) is 106 cm³/mol. The Morgan fingerprint density at radius 3 is 2.56 bits per heavy atom. The zero-order valence-corrected chi connectivity index (χ0v) is 15.5. The molecule has 0 saturated heterocycles. The van der Waals surface area contributed by atoms with E-state index in [-0.39, 0.29) is 5.91 Å². The Bertz CT molecular complexity index is 956. The molecule has 0 atom stereocenters. The number of nitrogens with zero attached hydrogens (tertiary/aromatic N) is 2. The molecule has 0 unspecified atom stereocenters. The Labute approximate surface area is 150 Å². The first-order valence-corrected chi connectivity index (χ1v) is 8.81. The number of hydrogen-bond acceptors (Lipinski definition) is 5. The predicted octanol–water partition coefficient (Wildman–Crippen LogP) is 4.97. The second-order valence-corrected chi connectivity index (χ2v) is 7.05. The van der Waals surface area contributed by atoms with Gasteiger partial charge in [-0.15, -0.1) is 0 Å². The Morgan fingerprint density at radius 1 is 1.16 bits per heavy atom. The molecule has 0 spiro atoms. The van der Waals surface area contributed by atoms with Gasteiger partial charge >= 0.3 is 0 Å². The van der Waals surface area contributed by atoms with Crippen LogP contribution in [0.3, 0.4) is 0 Å². The van der Waals surface area contributed by atoms with Crippen molar-refractivity contribution in [3.05, 3.63) is 53.1 Å². The van der Waals surface area contributed by atoms with Crippen molar-refractivity contribution in [2.75, 3.05) is 10.7 Å². The quantitative estimate of drug-likeness (QED) is 0.514. The molecule has 25 heavy (non-hydrogen) atoms. The van der Waals surface area contributed by atoms with Gasteiger partial charge in [-0.25, -0.2) is 4.98 Å². The molecule has 0 aliphatic rings. The number of aromatic nitrogens is 1. The highest BCUT2D eigenvalue weighted by Gasteiger charge is 2.15. The molecular weight excluding hydrogens is 332 g/mol. The minimum absolute atomic E-state index is 0.111. The van der Waals surface area contributed by atoms with E-state index in [4.69, 9.17) is 0 Å². The van der Waals surface area contributed by atoms with Crippen molar-refractivity contribution in [3.8, 4) is 0 Å². The maximum Gasteiger partial charge on any atom is 0.255 e. The SMILES string of the molecule is CC(C)=NNc1nc2cc(C)c(NC(=O)c3ccccc3)c(C)c2s1. The second kappa shape index (κ2) is 7.03. The van der Waals surface area contributed by atoms with Crippen LogP contribution in [0.2, 0.25) is 0 Å². The molecule has 6 heteroatoms. The molecule has 1 amide bonds. The summed E-state index contributed by atoms with van der Waals surface area (Å²) >= 11 is 1.53. The van der Waals surface area contributed by atoms with Crippen molar-refractivity contribution in [2.45, 2.75) is 27.7 Å². The molecule has 3 rings (SSSR count). The molecule has 2 aromatic carbocycles. The van der Waals surface area contributed by atoms with Gasteiger partial charge in [0.15, 0.2) is 0 Å². The first-order valence-electron chi connectivity index (χ1n) is 7.99. The van der Waals surface area contributed by atoms with Crippen LogP contribution in [0.4, 0.5) is 10.8 Å². The van der Waals surface area contributed by atoms with E-state index >= 15 is 0 Å². The zero-order chi connectivity index (χ0) is 18.0. The maximum atomic E-state index is 12.5. The third-order valence-corrected chi connectivity index (χ3v) is 4.86. The third kappa shape index (κ3) is 3.69. The molecule has 2 N–H and O–H groups in total. The van der Waals surface area contributed by atoms with Gasteiger partial charge in [0, 0.05) is 17.0 Å². The number of rotatable bonds is 4. The topological polar surface area (TPSA) is 66.4 Å². The van der Waals surface area contributed by atoms with Crippen LogP contribution in [0.15, 0.2) is 41.5 Å². The number of hydrazone groups is 1. The number of hydrogen-bond donors (Lipinski definition) is 2. The molecule has 5 nitrogen and oxygen atoms in total. The standard InChI is InChI=1S/C19H20N4OS/c1-11(2)22-23-19-20-15-10-12(3)16(13(4)17(15)25-19)21-18(24)14-8-6-5-7-9-14/h5-10H,1-4H3,(H,20,23)(H,21,24). The summed E-state index contributed by atoms with van der Waals surface area (Å²) in [5, 5.41) is 7.98. The second-order valence-electron chi connectivity index (χ2n) is 6.05. The van der Waals surface area contributed by atoms with Crippen molar-refractivity contribution in [1.82, 2.24) is 4.98 Å². The largest absolute Gasteiger partial charge is 0.321 e. The lowest BCUT2D eigenvalue weighted by Gasteiger charge is -2.12. The minimum atomic E-state index is -0.111. The Kier molecular flexibility index (Phi) is 4.81. The number of aryl methyl sites for hydroxylation is 2. The van der Waals surface area contributed by atoms with Gasteiger partial charge in [-0.3, -0.25) is 10.2 Å². The molecule has 0 aliphatic carbocycles. The average molecular weight is 352 g/mol. The number of nitrogens with one attached hydrogen (secondary N) is 2. The highest BCUT2D eigenvalue weighted by atomic mass is 32.1. The molecule has 0 saturated carbocycles. The summed E-state index contributed by atoms with van der Waals surface area (Å²) in [5.74, 6) is -0.111.